The Morgan fingerprint density at radius 1 is 1.22 bits per heavy atom. The van der Waals surface area contributed by atoms with Gasteiger partial charge in [0.1, 0.15) is 0 Å². The number of hydrogen-bond donors (Lipinski definition) is 1. The van der Waals surface area contributed by atoms with Crippen LogP contribution in [0.1, 0.15) is 51.1 Å². The minimum atomic E-state index is 0.0996. The van der Waals surface area contributed by atoms with Crippen molar-refractivity contribution in [3.8, 4) is 0 Å². The molecular weight excluding hydrogens is 220 g/mol. The molecule has 2 rings (SSSR count). The van der Waals surface area contributed by atoms with E-state index in [1.807, 2.05) is 0 Å². The lowest BCUT2D eigenvalue weighted by Gasteiger charge is -2.39. The maximum atomic E-state index is 6.09. The zero-order valence-electron chi connectivity index (χ0n) is 11.9. The van der Waals surface area contributed by atoms with E-state index < -0.39 is 0 Å². The van der Waals surface area contributed by atoms with Crippen LogP contribution in [0.4, 0.5) is 5.69 Å². The largest absolute Gasteiger partial charge is 0.371 e. The number of rotatable bonds is 3. The second kappa shape index (κ2) is 5.75. The summed E-state index contributed by atoms with van der Waals surface area (Å²) in [5.41, 5.74) is 8.66. The first-order valence-corrected chi connectivity index (χ1v) is 7.18. The van der Waals surface area contributed by atoms with Gasteiger partial charge >= 0.3 is 0 Å². The summed E-state index contributed by atoms with van der Waals surface area (Å²) in [4.78, 5) is 2.46. The molecule has 0 amide bonds. The zero-order chi connectivity index (χ0) is 13.1. The summed E-state index contributed by atoms with van der Waals surface area (Å²) in [5.74, 6) is 0.782. The molecule has 2 unspecified atom stereocenters. The minimum Gasteiger partial charge on any atom is -0.371 e. The summed E-state index contributed by atoms with van der Waals surface area (Å²) in [5, 5.41) is 0. The fourth-order valence-electron chi connectivity index (χ4n) is 3.24. The Hall–Kier alpha value is -1.02. The van der Waals surface area contributed by atoms with Crippen LogP contribution in [-0.2, 0) is 0 Å². The zero-order valence-corrected chi connectivity index (χ0v) is 11.9. The molecule has 0 spiro atoms. The minimum absolute atomic E-state index is 0.0996. The maximum absolute atomic E-state index is 6.09. The molecule has 1 fully saturated rings. The van der Waals surface area contributed by atoms with Crippen LogP contribution in [0, 0.1) is 5.92 Å². The van der Waals surface area contributed by atoms with Crippen molar-refractivity contribution in [2.24, 2.45) is 11.7 Å². The second-order valence-electron chi connectivity index (χ2n) is 5.79. The Morgan fingerprint density at radius 3 is 2.56 bits per heavy atom. The molecule has 1 aliphatic carbocycles. The van der Waals surface area contributed by atoms with Crippen LogP contribution < -0.4 is 10.6 Å². The van der Waals surface area contributed by atoms with E-state index in [1.54, 1.807) is 0 Å². The molecule has 100 valence electrons. The van der Waals surface area contributed by atoms with Crippen LogP contribution in [0.15, 0.2) is 24.3 Å². The average Bonchev–Trinajstić information content (AvgIpc) is 2.38. The number of hydrogen-bond acceptors (Lipinski definition) is 2. The van der Waals surface area contributed by atoms with E-state index in [2.05, 4.69) is 50.1 Å². The van der Waals surface area contributed by atoms with Crippen molar-refractivity contribution >= 4 is 5.69 Å². The summed E-state index contributed by atoms with van der Waals surface area (Å²) in [6.07, 6.45) is 5.42. The molecule has 1 saturated carbocycles. The third-order valence-corrected chi connectivity index (χ3v) is 4.37. The van der Waals surface area contributed by atoms with Gasteiger partial charge in [0, 0.05) is 24.8 Å². The number of nitrogens with two attached hydrogens (primary N) is 1. The van der Waals surface area contributed by atoms with Crippen LogP contribution in [0.2, 0.25) is 0 Å². The van der Waals surface area contributed by atoms with Gasteiger partial charge in [-0.3, -0.25) is 0 Å². The second-order valence-corrected chi connectivity index (χ2v) is 5.79. The van der Waals surface area contributed by atoms with E-state index in [4.69, 9.17) is 5.73 Å². The monoisotopic (exact) mass is 246 g/mol. The maximum Gasteiger partial charge on any atom is 0.0414 e. The normalized spacial score (nSPS) is 25.8. The summed E-state index contributed by atoms with van der Waals surface area (Å²) >= 11 is 0. The van der Waals surface area contributed by atoms with Crippen molar-refractivity contribution in [3.63, 3.8) is 0 Å². The van der Waals surface area contributed by atoms with E-state index in [1.165, 1.54) is 36.9 Å². The molecule has 0 bridgehead atoms. The molecule has 2 N–H and O–H groups in total. The van der Waals surface area contributed by atoms with Gasteiger partial charge < -0.3 is 10.6 Å². The van der Waals surface area contributed by atoms with Crippen molar-refractivity contribution < 1.29 is 0 Å². The Kier molecular flexibility index (Phi) is 4.28. The third kappa shape index (κ3) is 2.69. The van der Waals surface area contributed by atoms with Gasteiger partial charge in [0.25, 0.3) is 0 Å². The van der Waals surface area contributed by atoms with Gasteiger partial charge in [-0.25, -0.2) is 0 Å². The molecule has 0 aromatic heterocycles. The van der Waals surface area contributed by atoms with E-state index in [9.17, 15) is 0 Å². The van der Waals surface area contributed by atoms with Gasteiger partial charge in [-0.1, -0.05) is 38.0 Å². The lowest BCUT2D eigenvalue weighted by atomic mass is 9.84. The molecule has 0 saturated heterocycles. The smallest absolute Gasteiger partial charge is 0.0414 e. The van der Waals surface area contributed by atoms with Crippen molar-refractivity contribution in [2.75, 3.05) is 11.9 Å². The molecule has 1 aromatic carbocycles. The molecule has 3 atom stereocenters. The predicted octanol–water partition coefficient (Wildman–Crippen LogP) is 3.72. The van der Waals surface area contributed by atoms with Gasteiger partial charge in [-0.2, -0.15) is 0 Å². The highest BCUT2D eigenvalue weighted by Gasteiger charge is 2.26. The molecule has 18 heavy (non-hydrogen) atoms. The lowest BCUT2D eigenvalue weighted by molar-refractivity contribution is 0.321. The number of nitrogens with zero attached hydrogens (tertiary/aromatic N) is 1. The average molecular weight is 246 g/mol. The first-order valence-electron chi connectivity index (χ1n) is 7.18. The van der Waals surface area contributed by atoms with Crippen LogP contribution >= 0.6 is 0 Å². The molecule has 2 nitrogen and oxygen atoms in total. The summed E-state index contributed by atoms with van der Waals surface area (Å²) in [6.45, 7) is 4.45. The van der Waals surface area contributed by atoms with E-state index in [-0.39, 0.29) is 6.04 Å². The van der Waals surface area contributed by atoms with Gasteiger partial charge in [-0.15, -0.1) is 0 Å². The molecular formula is C16H26N2. The van der Waals surface area contributed by atoms with Gasteiger partial charge in [0.05, 0.1) is 0 Å². The van der Waals surface area contributed by atoms with Gasteiger partial charge in [0.2, 0.25) is 0 Å². The summed E-state index contributed by atoms with van der Waals surface area (Å²) in [7, 11) is 2.23. The fourth-order valence-corrected chi connectivity index (χ4v) is 3.24. The lowest BCUT2D eigenvalue weighted by Crippen LogP contribution is -2.39. The number of benzene rings is 1. The summed E-state index contributed by atoms with van der Waals surface area (Å²) < 4.78 is 0. The molecule has 1 aliphatic rings. The van der Waals surface area contributed by atoms with Crippen LogP contribution in [0.5, 0.6) is 0 Å². The molecule has 0 radical (unpaired) electrons. The predicted molar refractivity (Wildman–Crippen MR) is 78.9 cm³/mol. The first-order chi connectivity index (χ1) is 8.61. The van der Waals surface area contributed by atoms with Crippen molar-refractivity contribution in [1.82, 2.24) is 0 Å². The first kappa shape index (κ1) is 13.4. The Bertz CT molecular complexity index is 386. The van der Waals surface area contributed by atoms with E-state index in [0.29, 0.717) is 6.04 Å². The molecule has 0 aliphatic heterocycles. The van der Waals surface area contributed by atoms with Crippen LogP contribution in [0.3, 0.4) is 0 Å². The van der Waals surface area contributed by atoms with Crippen molar-refractivity contribution in [3.05, 3.63) is 29.8 Å². The topological polar surface area (TPSA) is 29.3 Å². The Labute approximate surface area is 111 Å². The standard InChI is InChI=1S/C16H26N2/c1-12-8-4-6-10-15(12)18(3)16-11-7-5-9-14(16)13(2)17/h5,7,9,11-13,15H,4,6,8,10,17H2,1-3H3/t12?,13-,15?/m1/s1. The van der Waals surface area contributed by atoms with Gasteiger partial charge in [-0.05, 0) is 37.3 Å². The van der Waals surface area contributed by atoms with Crippen LogP contribution in [0.25, 0.3) is 0 Å². The van der Waals surface area contributed by atoms with Crippen LogP contribution in [-0.4, -0.2) is 13.1 Å². The van der Waals surface area contributed by atoms with Crippen molar-refractivity contribution in [2.45, 2.75) is 51.6 Å². The number of para-hydroxylation sites is 1. The van der Waals surface area contributed by atoms with Crippen molar-refractivity contribution in [1.29, 1.82) is 0 Å². The third-order valence-electron chi connectivity index (χ3n) is 4.37. The SMILES string of the molecule is CC1CCCCC1N(C)c1ccccc1[C@@H](C)N. The summed E-state index contributed by atoms with van der Waals surface area (Å²) in [6, 6.07) is 9.33. The molecule has 0 heterocycles. The van der Waals surface area contributed by atoms with Gasteiger partial charge in [0.15, 0.2) is 0 Å². The quantitative estimate of drug-likeness (QED) is 0.880. The Balaban J connectivity index is 2.24. The Morgan fingerprint density at radius 2 is 1.89 bits per heavy atom. The van der Waals surface area contributed by atoms with E-state index >= 15 is 0 Å². The molecule has 1 aromatic rings. The highest BCUT2D eigenvalue weighted by molar-refractivity contribution is 5.55. The number of anilines is 1. The molecule has 2 heteroatoms. The highest BCUT2D eigenvalue weighted by atomic mass is 15.1. The highest BCUT2D eigenvalue weighted by Crippen LogP contribution is 2.33. The van der Waals surface area contributed by atoms with E-state index in [0.717, 1.165) is 5.92 Å². The fraction of sp³-hybridized carbons (Fsp3) is 0.625.